The first-order valence-electron chi connectivity index (χ1n) is 9.53. The van der Waals surface area contributed by atoms with E-state index in [0.717, 1.165) is 31.9 Å². The average Bonchev–Trinajstić information content (AvgIpc) is 2.72. The normalized spacial score (nSPS) is 15.2. The Bertz CT molecular complexity index is 787. The van der Waals surface area contributed by atoms with E-state index in [9.17, 15) is 9.18 Å². The van der Waals surface area contributed by atoms with Crippen LogP contribution in [0.1, 0.15) is 29.8 Å². The molecule has 1 aliphatic heterocycles. The van der Waals surface area contributed by atoms with E-state index in [1.165, 1.54) is 12.1 Å². The van der Waals surface area contributed by atoms with Crippen molar-refractivity contribution < 1.29 is 18.7 Å². The second kappa shape index (κ2) is 9.17. The van der Waals surface area contributed by atoms with Gasteiger partial charge in [0, 0.05) is 25.2 Å². The smallest absolute Gasteiger partial charge is 0.255 e. The molecule has 0 aliphatic carbocycles. The summed E-state index contributed by atoms with van der Waals surface area (Å²) in [6.45, 7) is 8.20. The van der Waals surface area contributed by atoms with Crippen molar-refractivity contribution in [3.63, 3.8) is 0 Å². The number of amides is 1. The van der Waals surface area contributed by atoms with Crippen LogP contribution in [0, 0.1) is 5.82 Å². The van der Waals surface area contributed by atoms with Crippen LogP contribution in [-0.2, 0) is 11.3 Å². The van der Waals surface area contributed by atoms with Gasteiger partial charge in [-0.2, -0.15) is 0 Å². The molecular formula is C22H27FN2O3. The lowest BCUT2D eigenvalue weighted by molar-refractivity contribution is -0.00924. The Labute approximate surface area is 165 Å². The number of morpholine rings is 1. The monoisotopic (exact) mass is 386 g/mol. The molecule has 0 aromatic heterocycles. The van der Waals surface area contributed by atoms with Crippen LogP contribution in [0.5, 0.6) is 5.75 Å². The predicted octanol–water partition coefficient (Wildman–Crippen LogP) is 3.25. The summed E-state index contributed by atoms with van der Waals surface area (Å²) < 4.78 is 24.3. The predicted molar refractivity (Wildman–Crippen MR) is 106 cm³/mol. The fourth-order valence-corrected chi connectivity index (χ4v) is 3.19. The Hall–Kier alpha value is -2.44. The Kier molecular flexibility index (Phi) is 6.65. The average molecular weight is 386 g/mol. The highest BCUT2D eigenvalue weighted by Crippen LogP contribution is 2.21. The molecule has 0 atom stereocenters. The van der Waals surface area contributed by atoms with Gasteiger partial charge < -0.3 is 14.8 Å². The molecule has 0 saturated carbocycles. The summed E-state index contributed by atoms with van der Waals surface area (Å²) in [5, 5.41) is 3.03. The fraction of sp³-hybridized carbons (Fsp3) is 0.409. The molecular weight excluding hydrogens is 359 g/mol. The molecule has 0 bridgehead atoms. The van der Waals surface area contributed by atoms with Crippen molar-refractivity contribution in [1.29, 1.82) is 0 Å². The quantitative estimate of drug-likeness (QED) is 0.794. The minimum atomic E-state index is -0.286. The molecule has 1 amide bonds. The van der Waals surface area contributed by atoms with Crippen LogP contribution in [0.3, 0.4) is 0 Å². The van der Waals surface area contributed by atoms with Crippen molar-refractivity contribution in [2.24, 2.45) is 0 Å². The number of nitrogens with one attached hydrogen (secondary N) is 1. The SMILES string of the molecule is CC(C)(CNC(=O)c1ccccc1OCc1ccc(F)cc1)N1CCOCC1. The molecule has 28 heavy (non-hydrogen) atoms. The number of benzene rings is 2. The maximum absolute atomic E-state index is 13.0. The second-order valence-corrected chi connectivity index (χ2v) is 7.51. The first-order valence-corrected chi connectivity index (χ1v) is 9.53. The topological polar surface area (TPSA) is 50.8 Å². The van der Waals surface area contributed by atoms with Gasteiger partial charge in [0.1, 0.15) is 18.2 Å². The van der Waals surface area contributed by atoms with Gasteiger partial charge in [0.2, 0.25) is 0 Å². The third-order valence-electron chi connectivity index (χ3n) is 4.99. The molecule has 1 saturated heterocycles. The molecule has 3 rings (SSSR count). The van der Waals surface area contributed by atoms with Gasteiger partial charge in [0.15, 0.2) is 0 Å². The molecule has 0 spiro atoms. The summed E-state index contributed by atoms with van der Waals surface area (Å²) in [5.74, 6) is 0.0518. The first kappa shape index (κ1) is 20.3. The number of hydrogen-bond acceptors (Lipinski definition) is 4. The van der Waals surface area contributed by atoms with Crippen molar-refractivity contribution in [2.45, 2.75) is 26.0 Å². The third-order valence-corrected chi connectivity index (χ3v) is 4.99. The van der Waals surface area contributed by atoms with Crippen LogP contribution in [0.2, 0.25) is 0 Å². The summed E-state index contributed by atoms with van der Waals surface area (Å²) in [7, 11) is 0. The lowest BCUT2D eigenvalue weighted by Gasteiger charge is -2.40. The van der Waals surface area contributed by atoms with Crippen molar-refractivity contribution in [2.75, 3.05) is 32.8 Å². The number of halogens is 1. The summed E-state index contributed by atoms with van der Waals surface area (Å²) in [5.41, 5.74) is 1.16. The van der Waals surface area contributed by atoms with Gasteiger partial charge in [-0.3, -0.25) is 9.69 Å². The number of hydrogen-bond donors (Lipinski definition) is 1. The van der Waals surface area contributed by atoms with Gasteiger partial charge in [0.25, 0.3) is 5.91 Å². The minimum Gasteiger partial charge on any atom is -0.488 e. The summed E-state index contributed by atoms with van der Waals surface area (Å²) in [4.78, 5) is 15.1. The van der Waals surface area contributed by atoms with E-state index in [1.807, 2.05) is 12.1 Å². The highest BCUT2D eigenvalue weighted by atomic mass is 19.1. The zero-order valence-corrected chi connectivity index (χ0v) is 16.4. The summed E-state index contributed by atoms with van der Waals surface area (Å²) >= 11 is 0. The first-order chi connectivity index (χ1) is 13.5. The largest absolute Gasteiger partial charge is 0.488 e. The van der Waals surface area contributed by atoms with Crippen molar-refractivity contribution in [3.05, 3.63) is 65.5 Å². The van der Waals surface area contributed by atoms with Gasteiger partial charge in [-0.05, 0) is 43.7 Å². The molecule has 1 aliphatic rings. The Morgan fingerprint density at radius 3 is 2.54 bits per heavy atom. The number of nitrogens with zero attached hydrogens (tertiary/aromatic N) is 1. The maximum Gasteiger partial charge on any atom is 0.255 e. The lowest BCUT2D eigenvalue weighted by atomic mass is 10.0. The van der Waals surface area contributed by atoms with Crippen molar-refractivity contribution in [3.8, 4) is 5.75 Å². The van der Waals surface area contributed by atoms with E-state index in [0.29, 0.717) is 17.9 Å². The van der Waals surface area contributed by atoms with Gasteiger partial charge in [-0.25, -0.2) is 4.39 Å². The van der Waals surface area contributed by atoms with E-state index >= 15 is 0 Å². The minimum absolute atomic E-state index is 0.163. The Morgan fingerprint density at radius 1 is 1.14 bits per heavy atom. The number of carbonyl (C=O) groups excluding carboxylic acids is 1. The molecule has 6 heteroatoms. The molecule has 150 valence electrons. The highest BCUT2D eigenvalue weighted by Gasteiger charge is 2.29. The zero-order chi connectivity index (χ0) is 20.0. The standard InChI is InChI=1S/C22H27FN2O3/c1-22(2,25-11-13-27-14-12-25)16-24-21(26)19-5-3-4-6-20(19)28-15-17-7-9-18(23)10-8-17/h3-10H,11-16H2,1-2H3,(H,24,26). The summed E-state index contributed by atoms with van der Waals surface area (Å²) in [6.07, 6.45) is 0. The van der Waals surface area contributed by atoms with Crippen LogP contribution in [0.25, 0.3) is 0 Å². The van der Waals surface area contributed by atoms with Crippen LogP contribution in [0.4, 0.5) is 4.39 Å². The second-order valence-electron chi connectivity index (χ2n) is 7.51. The van der Waals surface area contributed by atoms with Crippen LogP contribution in [0.15, 0.2) is 48.5 Å². The van der Waals surface area contributed by atoms with Crippen molar-refractivity contribution in [1.82, 2.24) is 10.2 Å². The van der Waals surface area contributed by atoms with Crippen LogP contribution >= 0.6 is 0 Å². The van der Waals surface area contributed by atoms with E-state index < -0.39 is 0 Å². The molecule has 2 aromatic carbocycles. The van der Waals surface area contributed by atoms with Gasteiger partial charge >= 0.3 is 0 Å². The number of para-hydroxylation sites is 1. The van der Waals surface area contributed by atoms with Crippen LogP contribution in [-0.4, -0.2) is 49.2 Å². The number of carbonyl (C=O) groups is 1. The fourth-order valence-electron chi connectivity index (χ4n) is 3.19. The van der Waals surface area contributed by atoms with E-state index in [1.54, 1.807) is 24.3 Å². The molecule has 2 aromatic rings. The molecule has 1 N–H and O–H groups in total. The Morgan fingerprint density at radius 2 is 1.82 bits per heavy atom. The number of ether oxygens (including phenoxy) is 2. The van der Waals surface area contributed by atoms with Gasteiger partial charge in [0.05, 0.1) is 18.8 Å². The lowest BCUT2D eigenvalue weighted by Crippen LogP contribution is -2.55. The molecule has 1 heterocycles. The van der Waals surface area contributed by atoms with E-state index in [2.05, 4.69) is 24.1 Å². The zero-order valence-electron chi connectivity index (χ0n) is 16.4. The molecule has 0 radical (unpaired) electrons. The number of rotatable bonds is 7. The molecule has 5 nitrogen and oxygen atoms in total. The highest BCUT2D eigenvalue weighted by molar-refractivity contribution is 5.96. The third kappa shape index (κ3) is 5.30. The van der Waals surface area contributed by atoms with Gasteiger partial charge in [-0.15, -0.1) is 0 Å². The Balaban J connectivity index is 1.61. The van der Waals surface area contributed by atoms with Gasteiger partial charge in [-0.1, -0.05) is 24.3 Å². The van der Waals surface area contributed by atoms with E-state index in [-0.39, 0.29) is 23.9 Å². The van der Waals surface area contributed by atoms with Crippen LogP contribution < -0.4 is 10.1 Å². The molecule has 1 fully saturated rings. The van der Waals surface area contributed by atoms with Crippen molar-refractivity contribution >= 4 is 5.91 Å². The molecule has 0 unspecified atom stereocenters. The van der Waals surface area contributed by atoms with E-state index in [4.69, 9.17) is 9.47 Å². The maximum atomic E-state index is 13.0. The summed E-state index contributed by atoms with van der Waals surface area (Å²) in [6, 6.07) is 13.3.